The van der Waals surface area contributed by atoms with Crippen molar-refractivity contribution in [2.45, 2.75) is 6.92 Å². The van der Waals surface area contributed by atoms with E-state index >= 15 is 0 Å². The zero-order valence-electron chi connectivity index (χ0n) is 14.5. The van der Waals surface area contributed by atoms with Crippen molar-refractivity contribution >= 4 is 34.0 Å². The molecule has 4 rings (SSSR count). The smallest absolute Gasteiger partial charge is 0.275 e. The Balaban J connectivity index is 1.67. The fraction of sp³-hybridized carbons (Fsp3) is 0.0500. The molecule has 2 aromatic heterocycles. The van der Waals surface area contributed by atoms with E-state index in [1.165, 1.54) is 6.92 Å². The highest BCUT2D eigenvalue weighted by molar-refractivity contribution is 5.89. The van der Waals surface area contributed by atoms with Gasteiger partial charge in [-0.3, -0.25) is 19.8 Å². The van der Waals surface area contributed by atoms with E-state index in [4.69, 9.17) is 0 Å². The number of hydrogen-bond donors (Lipinski definition) is 4. The summed E-state index contributed by atoms with van der Waals surface area (Å²) in [7, 11) is 0. The summed E-state index contributed by atoms with van der Waals surface area (Å²) < 4.78 is 0. The number of aromatic amines is 2. The minimum Gasteiger partial charge on any atom is -0.340 e. The van der Waals surface area contributed by atoms with Crippen molar-refractivity contribution in [3.63, 3.8) is 0 Å². The molecular formula is C20H17N5O2. The molecule has 4 N–H and O–H groups in total. The summed E-state index contributed by atoms with van der Waals surface area (Å²) in [5.74, 6) is 0.394. The fourth-order valence-electron chi connectivity index (χ4n) is 2.89. The van der Waals surface area contributed by atoms with E-state index in [0.29, 0.717) is 22.8 Å². The number of benzene rings is 2. The van der Waals surface area contributed by atoms with Gasteiger partial charge in [0.25, 0.3) is 5.56 Å². The van der Waals surface area contributed by atoms with Crippen molar-refractivity contribution < 1.29 is 4.79 Å². The first-order valence-corrected chi connectivity index (χ1v) is 8.41. The first-order valence-electron chi connectivity index (χ1n) is 8.41. The molecule has 27 heavy (non-hydrogen) atoms. The molecule has 0 radical (unpaired) electrons. The molecule has 0 saturated heterocycles. The van der Waals surface area contributed by atoms with E-state index in [1.54, 1.807) is 12.1 Å². The second-order valence-corrected chi connectivity index (χ2v) is 6.10. The third-order valence-corrected chi connectivity index (χ3v) is 4.11. The molecule has 2 heterocycles. The predicted molar refractivity (Wildman–Crippen MR) is 106 cm³/mol. The van der Waals surface area contributed by atoms with Crippen LogP contribution in [-0.4, -0.2) is 21.1 Å². The van der Waals surface area contributed by atoms with E-state index in [2.05, 4.69) is 25.8 Å². The van der Waals surface area contributed by atoms with Crippen molar-refractivity contribution in [2.24, 2.45) is 0 Å². The zero-order chi connectivity index (χ0) is 18.8. The third-order valence-electron chi connectivity index (χ3n) is 4.11. The average molecular weight is 359 g/mol. The molecule has 0 bridgehead atoms. The van der Waals surface area contributed by atoms with Crippen LogP contribution in [0, 0.1) is 0 Å². The Labute approximate surface area is 154 Å². The fourth-order valence-corrected chi connectivity index (χ4v) is 2.89. The molecule has 0 aliphatic heterocycles. The highest BCUT2D eigenvalue weighted by Crippen LogP contribution is 2.26. The molecular weight excluding hydrogens is 342 g/mol. The van der Waals surface area contributed by atoms with Gasteiger partial charge in [0.2, 0.25) is 5.91 Å². The normalized spacial score (nSPS) is 10.7. The maximum absolute atomic E-state index is 12.3. The monoisotopic (exact) mass is 359 g/mol. The standard InChI is InChI=1S/C20H17N5O2/c1-12(26)21-14-7-9-15(10-8-14)22-19-18(20(27)25-24-19)17-11-6-13-4-2-3-5-16(13)23-17/h2-11H,1H3,(H,21,26)(H3,22,24,25,27). The molecule has 0 spiro atoms. The molecule has 7 nitrogen and oxygen atoms in total. The Morgan fingerprint density at radius 1 is 0.926 bits per heavy atom. The van der Waals surface area contributed by atoms with Crippen LogP contribution in [-0.2, 0) is 4.79 Å². The van der Waals surface area contributed by atoms with Crippen LogP contribution in [0.25, 0.3) is 22.2 Å². The summed E-state index contributed by atoms with van der Waals surface area (Å²) in [4.78, 5) is 28.0. The van der Waals surface area contributed by atoms with Gasteiger partial charge in [-0.05, 0) is 36.4 Å². The maximum Gasteiger partial charge on any atom is 0.275 e. The quantitative estimate of drug-likeness (QED) is 0.447. The van der Waals surface area contributed by atoms with Gasteiger partial charge in [0, 0.05) is 23.7 Å². The lowest BCUT2D eigenvalue weighted by Gasteiger charge is -2.08. The number of anilines is 3. The molecule has 0 aliphatic rings. The summed E-state index contributed by atoms with van der Waals surface area (Å²) in [6.07, 6.45) is 0. The maximum atomic E-state index is 12.3. The number of rotatable bonds is 4. The van der Waals surface area contributed by atoms with Crippen LogP contribution < -0.4 is 16.2 Å². The number of aromatic nitrogens is 3. The van der Waals surface area contributed by atoms with Crippen molar-refractivity contribution in [1.82, 2.24) is 15.2 Å². The van der Waals surface area contributed by atoms with E-state index in [9.17, 15) is 9.59 Å². The largest absolute Gasteiger partial charge is 0.340 e. The Hall–Kier alpha value is -3.87. The number of fused-ring (bicyclic) bond motifs is 1. The number of H-pyrrole nitrogens is 2. The number of amides is 1. The van der Waals surface area contributed by atoms with Crippen LogP contribution >= 0.6 is 0 Å². The van der Waals surface area contributed by atoms with Gasteiger partial charge in [-0.25, -0.2) is 4.98 Å². The lowest BCUT2D eigenvalue weighted by Crippen LogP contribution is -2.05. The molecule has 7 heteroatoms. The highest BCUT2D eigenvalue weighted by Gasteiger charge is 2.14. The first kappa shape index (κ1) is 16.6. The zero-order valence-corrected chi connectivity index (χ0v) is 14.5. The molecule has 0 aliphatic carbocycles. The van der Waals surface area contributed by atoms with Crippen molar-refractivity contribution in [3.05, 3.63) is 71.0 Å². The van der Waals surface area contributed by atoms with Crippen LogP contribution in [0.4, 0.5) is 17.2 Å². The Morgan fingerprint density at radius 3 is 2.44 bits per heavy atom. The number of nitrogens with zero attached hydrogens (tertiary/aromatic N) is 1. The van der Waals surface area contributed by atoms with Crippen LogP contribution in [0.15, 0.2) is 65.5 Å². The molecule has 1 amide bonds. The van der Waals surface area contributed by atoms with Gasteiger partial charge in [0.1, 0.15) is 11.4 Å². The Morgan fingerprint density at radius 2 is 1.67 bits per heavy atom. The Kier molecular flexibility index (Phi) is 4.18. The Bertz CT molecular complexity index is 1170. The molecule has 134 valence electrons. The first-order chi connectivity index (χ1) is 13.1. The van der Waals surface area contributed by atoms with Gasteiger partial charge in [-0.1, -0.05) is 24.3 Å². The van der Waals surface area contributed by atoms with Gasteiger partial charge in [0.05, 0.1) is 11.2 Å². The minimum atomic E-state index is -0.254. The number of hydrogen-bond acceptors (Lipinski definition) is 4. The van der Waals surface area contributed by atoms with Crippen molar-refractivity contribution in [3.8, 4) is 11.3 Å². The summed E-state index contributed by atoms with van der Waals surface area (Å²) in [5, 5.41) is 12.4. The van der Waals surface area contributed by atoms with Crippen LogP contribution in [0.1, 0.15) is 6.92 Å². The van der Waals surface area contributed by atoms with Crippen LogP contribution in [0.2, 0.25) is 0 Å². The topological polar surface area (TPSA) is 103 Å². The predicted octanol–water partition coefficient (Wildman–Crippen LogP) is 3.62. The molecule has 0 atom stereocenters. The number of nitrogens with one attached hydrogen (secondary N) is 4. The van der Waals surface area contributed by atoms with E-state index in [-0.39, 0.29) is 11.5 Å². The molecule has 2 aromatic carbocycles. The van der Waals surface area contributed by atoms with Crippen molar-refractivity contribution in [1.29, 1.82) is 0 Å². The number of para-hydroxylation sites is 1. The van der Waals surface area contributed by atoms with Crippen LogP contribution in [0.5, 0.6) is 0 Å². The summed E-state index contributed by atoms with van der Waals surface area (Å²) in [6, 6.07) is 18.7. The third kappa shape index (κ3) is 3.43. The summed E-state index contributed by atoms with van der Waals surface area (Å²) in [6.45, 7) is 1.46. The van der Waals surface area contributed by atoms with Gasteiger partial charge in [0.15, 0.2) is 0 Å². The second kappa shape index (κ2) is 6.80. The molecule has 4 aromatic rings. The lowest BCUT2D eigenvalue weighted by molar-refractivity contribution is -0.114. The minimum absolute atomic E-state index is 0.129. The molecule has 0 unspecified atom stereocenters. The van der Waals surface area contributed by atoms with Crippen LogP contribution in [0.3, 0.4) is 0 Å². The average Bonchev–Trinajstić information content (AvgIpc) is 3.02. The summed E-state index contributed by atoms with van der Waals surface area (Å²) >= 11 is 0. The van der Waals surface area contributed by atoms with E-state index in [0.717, 1.165) is 16.6 Å². The second-order valence-electron chi connectivity index (χ2n) is 6.10. The van der Waals surface area contributed by atoms with Gasteiger partial charge in [-0.15, -0.1) is 0 Å². The van der Waals surface area contributed by atoms with Gasteiger partial charge < -0.3 is 10.6 Å². The SMILES string of the molecule is CC(=O)Nc1ccc(Nc2[nH][nH]c(=O)c2-c2ccc3ccccc3n2)cc1. The number of pyridine rings is 1. The molecule has 0 fully saturated rings. The summed E-state index contributed by atoms with van der Waals surface area (Å²) in [5.41, 5.74) is 3.05. The van der Waals surface area contributed by atoms with Gasteiger partial charge in [-0.2, -0.15) is 0 Å². The van der Waals surface area contributed by atoms with Crippen molar-refractivity contribution in [2.75, 3.05) is 10.6 Å². The number of carbonyl (C=O) groups is 1. The van der Waals surface area contributed by atoms with Gasteiger partial charge >= 0.3 is 0 Å². The highest BCUT2D eigenvalue weighted by atomic mass is 16.1. The lowest BCUT2D eigenvalue weighted by atomic mass is 10.1. The van der Waals surface area contributed by atoms with E-state index in [1.807, 2.05) is 48.5 Å². The van der Waals surface area contributed by atoms with E-state index < -0.39 is 0 Å². The number of carbonyl (C=O) groups excluding carboxylic acids is 1. The molecule has 0 saturated carbocycles.